The van der Waals surface area contributed by atoms with Crippen molar-refractivity contribution in [2.45, 2.75) is 38.7 Å². The molecule has 3 aromatic rings. The third kappa shape index (κ3) is 7.70. The van der Waals surface area contributed by atoms with Crippen molar-refractivity contribution in [1.29, 1.82) is 0 Å². The van der Waals surface area contributed by atoms with Gasteiger partial charge in [-0.05, 0) is 36.6 Å². The number of nitrogens with zero attached hydrogens (tertiary/aromatic N) is 2. The molecule has 178 valence electrons. The summed E-state index contributed by atoms with van der Waals surface area (Å²) in [4.78, 5) is 18.0. The maximum atomic E-state index is 12.6. The number of hydrogen-bond donors (Lipinski definition) is 2. The zero-order valence-electron chi connectivity index (χ0n) is 17.6. The van der Waals surface area contributed by atoms with Crippen molar-refractivity contribution in [3.05, 3.63) is 71.2 Å². The second-order valence-corrected chi connectivity index (χ2v) is 7.20. The van der Waals surface area contributed by atoms with E-state index in [-0.39, 0.29) is 5.92 Å². The summed E-state index contributed by atoms with van der Waals surface area (Å²) in [6.07, 6.45) is -9.38. The highest BCUT2D eigenvalue weighted by atomic mass is 19.4. The quantitative estimate of drug-likeness (QED) is 0.480. The number of rotatable bonds is 5. The van der Waals surface area contributed by atoms with Crippen molar-refractivity contribution in [3.8, 4) is 0 Å². The van der Waals surface area contributed by atoms with E-state index in [2.05, 4.69) is 15.3 Å². The molecule has 2 aromatic carbocycles. The standard InChI is InChI=1S/C20H20F3N3.C2HF3O2/c1-13(15-7-9-16(10-8-15)20(21,22)23)11-24-12-19-25-14(2)17-5-3-4-6-18(17)26-19;3-2(4,5)1(6)7/h3-10,13,24H,11-12H2,1-2H3;(H,6,7). The minimum Gasteiger partial charge on any atom is -0.475 e. The zero-order valence-corrected chi connectivity index (χ0v) is 17.6. The van der Waals surface area contributed by atoms with Gasteiger partial charge in [0.2, 0.25) is 0 Å². The molecule has 3 rings (SSSR count). The molecule has 0 saturated carbocycles. The minimum absolute atomic E-state index is 0.0823. The number of carboxylic acid groups (broad SMARTS) is 1. The van der Waals surface area contributed by atoms with Gasteiger partial charge in [0.05, 0.1) is 17.6 Å². The lowest BCUT2D eigenvalue weighted by Crippen LogP contribution is -2.21. The summed E-state index contributed by atoms with van der Waals surface area (Å²) in [5.41, 5.74) is 2.08. The fraction of sp³-hybridized carbons (Fsp3) is 0.318. The Hall–Kier alpha value is -3.21. The van der Waals surface area contributed by atoms with Gasteiger partial charge in [-0.15, -0.1) is 0 Å². The molecular formula is C22H21F6N3O2. The van der Waals surface area contributed by atoms with Crippen LogP contribution < -0.4 is 5.32 Å². The molecule has 0 aliphatic rings. The van der Waals surface area contributed by atoms with Crippen LogP contribution in [0.2, 0.25) is 0 Å². The highest BCUT2D eigenvalue weighted by Crippen LogP contribution is 2.30. The van der Waals surface area contributed by atoms with Crippen LogP contribution in [0, 0.1) is 6.92 Å². The van der Waals surface area contributed by atoms with Crippen molar-refractivity contribution in [2.75, 3.05) is 6.54 Å². The predicted molar refractivity (Wildman–Crippen MR) is 110 cm³/mol. The number of carbonyl (C=O) groups is 1. The molecule has 1 atom stereocenters. The van der Waals surface area contributed by atoms with Gasteiger partial charge in [0, 0.05) is 17.6 Å². The average molecular weight is 473 g/mol. The van der Waals surface area contributed by atoms with E-state index in [1.54, 1.807) is 0 Å². The van der Waals surface area contributed by atoms with Gasteiger partial charge >= 0.3 is 18.3 Å². The molecule has 2 N–H and O–H groups in total. The first-order valence-corrected chi connectivity index (χ1v) is 9.69. The third-order valence-electron chi connectivity index (χ3n) is 4.62. The molecular weight excluding hydrogens is 452 g/mol. The highest BCUT2D eigenvalue weighted by Gasteiger charge is 2.38. The van der Waals surface area contributed by atoms with Crippen LogP contribution in [0.1, 0.15) is 35.5 Å². The van der Waals surface area contributed by atoms with Crippen molar-refractivity contribution in [2.24, 2.45) is 0 Å². The molecule has 0 saturated heterocycles. The van der Waals surface area contributed by atoms with Gasteiger partial charge < -0.3 is 10.4 Å². The Morgan fingerprint density at radius 1 is 1.00 bits per heavy atom. The summed E-state index contributed by atoms with van der Waals surface area (Å²) in [6, 6.07) is 13.2. The van der Waals surface area contributed by atoms with Gasteiger partial charge in [0.25, 0.3) is 0 Å². The molecule has 0 spiro atoms. The lowest BCUT2D eigenvalue weighted by atomic mass is 9.99. The van der Waals surface area contributed by atoms with Crippen molar-refractivity contribution >= 4 is 16.9 Å². The Kier molecular flexibility index (Phi) is 8.37. The Morgan fingerprint density at radius 2 is 1.58 bits per heavy atom. The maximum absolute atomic E-state index is 12.6. The smallest absolute Gasteiger partial charge is 0.475 e. The predicted octanol–water partition coefficient (Wildman–Crippen LogP) is 5.48. The van der Waals surface area contributed by atoms with Crippen molar-refractivity contribution < 1.29 is 36.2 Å². The molecule has 1 aromatic heterocycles. The number of aromatic nitrogens is 2. The molecule has 5 nitrogen and oxygen atoms in total. The summed E-state index contributed by atoms with van der Waals surface area (Å²) in [5.74, 6) is -1.97. The maximum Gasteiger partial charge on any atom is 0.490 e. The van der Waals surface area contributed by atoms with Crippen LogP contribution in [0.15, 0.2) is 48.5 Å². The topological polar surface area (TPSA) is 75.1 Å². The lowest BCUT2D eigenvalue weighted by Gasteiger charge is -2.14. The van der Waals surface area contributed by atoms with Crippen LogP contribution in [-0.4, -0.2) is 33.8 Å². The molecule has 0 radical (unpaired) electrons. The third-order valence-corrected chi connectivity index (χ3v) is 4.62. The van der Waals surface area contributed by atoms with Gasteiger partial charge in [0.15, 0.2) is 0 Å². The van der Waals surface area contributed by atoms with Gasteiger partial charge in [-0.3, -0.25) is 0 Å². The highest BCUT2D eigenvalue weighted by molar-refractivity contribution is 5.80. The van der Waals surface area contributed by atoms with Crippen LogP contribution in [0.3, 0.4) is 0 Å². The molecule has 0 bridgehead atoms. The van der Waals surface area contributed by atoms with E-state index in [9.17, 15) is 26.3 Å². The Balaban J connectivity index is 0.000000479. The molecule has 0 fully saturated rings. The summed E-state index contributed by atoms with van der Waals surface area (Å²) in [6.45, 7) is 5.07. The van der Waals surface area contributed by atoms with Crippen LogP contribution >= 0.6 is 0 Å². The number of halogens is 6. The van der Waals surface area contributed by atoms with Gasteiger partial charge in [-0.2, -0.15) is 26.3 Å². The van der Waals surface area contributed by atoms with Gasteiger partial charge in [-0.1, -0.05) is 37.3 Å². The number of aliphatic carboxylic acids is 1. The van der Waals surface area contributed by atoms with Crippen LogP contribution in [-0.2, 0) is 17.5 Å². The number of para-hydroxylation sites is 1. The van der Waals surface area contributed by atoms with E-state index >= 15 is 0 Å². The first-order chi connectivity index (χ1) is 15.3. The molecule has 0 aliphatic carbocycles. The summed E-state index contributed by atoms with van der Waals surface area (Å²) >= 11 is 0. The van der Waals surface area contributed by atoms with E-state index in [0.29, 0.717) is 18.9 Å². The van der Waals surface area contributed by atoms with E-state index in [1.807, 2.05) is 38.1 Å². The normalized spacial score (nSPS) is 12.7. The number of alkyl halides is 6. The summed E-state index contributed by atoms with van der Waals surface area (Å²) < 4.78 is 69.6. The fourth-order valence-corrected chi connectivity index (χ4v) is 2.89. The average Bonchev–Trinajstić information content (AvgIpc) is 2.73. The largest absolute Gasteiger partial charge is 0.490 e. The van der Waals surface area contributed by atoms with Crippen LogP contribution in [0.25, 0.3) is 10.9 Å². The van der Waals surface area contributed by atoms with Crippen molar-refractivity contribution in [1.82, 2.24) is 15.3 Å². The number of carboxylic acids is 1. The van der Waals surface area contributed by atoms with E-state index in [0.717, 1.165) is 34.3 Å². The number of hydrogen-bond acceptors (Lipinski definition) is 4. The first kappa shape index (κ1) is 26.0. The van der Waals surface area contributed by atoms with Crippen LogP contribution in [0.5, 0.6) is 0 Å². The first-order valence-electron chi connectivity index (χ1n) is 9.69. The van der Waals surface area contributed by atoms with Crippen LogP contribution in [0.4, 0.5) is 26.3 Å². The molecule has 1 unspecified atom stereocenters. The summed E-state index contributed by atoms with van der Waals surface area (Å²) in [7, 11) is 0. The second-order valence-electron chi connectivity index (χ2n) is 7.20. The van der Waals surface area contributed by atoms with E-state index in [1.165, 1.54) is 12.1 Å². The molecule has 33 heavy (non-hydrogen) atoms. The van der Waals surface area contributed by atoms with E-state index < -0.39 is 23.9 Å². The molecule has 1 heterocycles. The second kappa shape index (κ2) is 10.6. The Bertz CT molecular complexity index is 1080. The Labute approximate surface area is 185 Å². The SMILES string of the molecule is Cc1nc(CNCC(C)c2ccc(C(F)(F)F)cc2)nc2ccccc12.O=C(O)C(F)(F)F. The number of fused-ring (bicyclic) bond motifs is 1. The zero-order chi connectivity index (χ0) is 24.8. The van der Waals surface area contributed by atoms with Gasteiger partial charge in [0.1, 0.15) is 5.82 Å². The van der Waals surface area contributed by atoms with Crippen molar-refractivity contribution in [3.63, 3.8) is 0 Å². The monoisotopic (exact) mass is 473 g/mol. The Morgan fingerprint density at radius 3 is 2.12 bits per heavy atom. The minimum atomic E-state index is -5.08. The van der Waals surface area contributed by atoms with Gasteiger partial charge in [-0.25, -0.2) is 14.8 Å². The number of aryl methyl sites for hydroxylation is 1. The molecule has 0 amide bonds. The lowest BCUT2D eigenvalue weighted by molar-refractivity contribution is -0.192. The molecule has 11 heteroatoms. The number of nitrogens with one attached hydrogen (secondary N) is 1. The number of benzene rings is 2. The fourth-order valence-electron chi connectivity index (χ4n) is 2.89. The summed E-state index contributed by atoms with van der Waals surface area (Å²) in [5, 5.41) is 11.5. The van der Waals surface area contributed by atoms with E-state index in [4.69, 9.17) is 9.90 Å². The molecule has 0 aliphatic heterocycles.